The highest BCUT2D eigenvalue weighted by atomic mass is 32.1. The molecule has 0 spiro atoms. The number of nitrogens with zero attached hydrogens (tertiary/aromatic N) is 1. The predicted octanol–water partition coefficient (Wildman–Crippen LogP) is 4.62. The number of hydrogen-bond acceptors (Lipinski definition) is 6. The summed E-state index contributed by atoms with van der Waals surface area (Å²) in [5, 5.41) is 8.16. The summed E-state index contributed by atoms with van der Waals surface area (Å²) in [7, 11) is 1.67. The predicted molar refractivity (Wildman–Crippen MR) is 117 cm³/mol. The quantitative estimate of drug-likeness (QED) is 0.466. The van der Waals surface area contributed by atoms with Crippen LogP contribution in [0, 0.1) is 0 Å². The van der Waals surface area contributed by atoms with Crippen LogP contribution in [0.3, 0.4) is 0 Å². The number of aromatic nitrogens is 2. The van der Waals surface area contributed by atoms with Gasteiger partial charge in [0.2, 0.25) is 0 Å². The van der Waals surface area contributed by atoms with Gasteiger partial charge in [0.25, 0.3) is 5.56 Å². The average molecular weight is 412 g/mol. The maximum absolute atomic E-state index is 12.7. The molecule has 0 aliphatic heterocycles. The Morgan fingerprint density at radius 1 is 1.21 bits per heavy atom. The van der Waals surface area contributed by atoms with Crippen molar-refractivity contribution in [3.63, 3.8) is 0 Å². The van der Waals surface area contributed by atoms with Crippen LogP contribution in [0.2, 0.25) is 0 Å². The first-order chi connectivity index (χ1) is 13.7. The molecule has 0 saturated heterocycles. The number of ether oxygens (including phenoxy) is 1. The molecular weight excluding hydrogens is 390 g/mol. The lowest BCUT2D eigenvalue weighted by molar-refractivity contribution is 0.414. The lowest BCUT2D eigenvalue weighted by Crippen LogP contribution is -2.25. The van der Waals surface area contributed by atoms with Gasteiger partial charge in [-0.3, -0.25) is 4.79 Å². The first-order valence-electron chi connectivity index (χ1n) is 9.07. The number of benzene rings is 1. The highest BCUT2D eigenvalue weighted by molar-refractivity contribution is 7.18. The molecule has 2 N–H and O–H groups in total. The minimum atomic E-state index is -0.0755. The van der Waals surface area contributed by atoms with E-state index in [4.69, 9.17) is 9.72 Å². The molecule has 28 heavy (non-hydrogen) atoms. The highest BCUT2D eigenvalue weighted by Crippen LogP contribution is 2.33. The fourth-order valence-electron chi connectivity index (χ4n) is 3.11. The Morgan fingerprint density at radius 2 is 2.04 bits per heavy atom. The van der Waals surface area contributed by atoms with Crippen LogP contribution < -0.4 is 15.6 Å². The fourth-order valence-corrected chi connectivity index (χ4v) is 4.88. The molecule has 4 rings (SSSR count). The van der Waals surface area contributed by atoms with Crippen LogP contribution in [0.15, 0.2) is 52.0 Å². The molecule has 1 aromatic carbocycles. The summed E-state index contributed by atoms with van der Waals surface area (Å²) in [5.74, 6) is 1.53. The van der Waals surface area contributed by atoms with E-state index in [9.17, 15) is 4.79 Å². The van der Waals surface area contributed by atoms with Gasteiger partial charge in [0, 0.05) is 15.8 Å². The first kappa shape index (κ1) is 18.9. The summed E-state index contributed by atoms with van der Waals surface area (Å²) in [4.78, 5) is 22.3. The molecular formula is C21H21N3O2S2. The van der Waals surface area contributed by atoms with E-state index in [0.29, 0.717) is 11.2 Å². The summed E-state index contributed by atoms with van der Waals surface area (Å²) >= 11 is 3.15. The number of H-pyrrole nitrogens is 1. The molecule has 4 aromatic rings. The van der Waals surface area contributed by atoms with E-state index in [1.165, 1.54) is 16.9 Å². The molecule has 0 bridgehead atoms. The van der Waals surface area contributed by atoms with Crippen LogP contribution in [0.4, 0.5) is 0 Å². The Morgan fingerprint density at radius 3 is 2.75 bits per heavy atom. The van der Waals surface area contributed by atoms with E-state index >= 15 is 0 Å². The van der Waals surface area contributed by atoms with Crippen molar-refractivity contribution in [2.75, 3.05) is 13.7 Å². The summed E-state index contributed by atoms with van der Waals surface area (Å²) in [6.45, 7) is 2.81. The number of rotatable bonds is 7. The molecule has 1 atom stereocenters. The second-order valence-electron chi connectivity index (χ2n) is 6.53. The Balaban J connectivity index is 1.47. The van der Waals surface area contributed by atoms with Crippen molar-refractivity contribution < 1.29 is 4.74 Å². The average Bonchev–Trinajstić information content (AvgIpc) is 3.38. The molecule has 0 fully saturated rings. The Bertz CT molecular complexity index is 1110. The number of hydrogen-bond donors (Lipinski definition) is 2. The van der Waals surface area contributed by atoms with Gasteiger partial charge in [0.1, 0.15) is 16.4 Å². The van der Waals surface area contributed by atoms with E-state index in [1.54, 1.807) is 18.4 Å². The van der Waals surface area contributed by atoms with Gasteiger partial charge in [0.05, 0.1) is 18.5 Å². The van der Waals surface area contributed by atoms with Crippen molar-refractivity contribution in [1.82, 2.24) is 15.3 Å². The maximum Gasteiger partial charge on any atom is 0.260 e. The van der Waals surface area contributed by atoms with Crippen molar-refractivity contribution >= 4 is 32.9 Å². The van der Waals surface area contributed by atoms with Crippen LogP contribution in [-0.2, 0) is 6.42 Å². The van der Waals surface area contributed by atoms with Crippen LogP contribution in [-0.4, -0.2) is 23.6 Å². The summed E-state index contributed by atoms with van der Waals surface area (Å²) in [6, 6.07) is 12.0. The first-order valence-corrected chi connectivity index (χ1v) is 10.8. The highest BCUT2D eigenvalue weighted by Gasteiger charge is 2.16. The fraction of sp³-hybridized carbons (Fsp3) is 0.238. The third-order valence-corrected chi connectivity index (χ3v) is 6.46. The summed E-state index contributed by atoms with van der Waals surface area (Å²) in [6.07, 6.45) is 0.891. The SMILES string of the molecule is COc1ccc(CCN[C@@H](C)c2nc3scc(-c4cccs4)c3c(=O)[nH]2)cc1. The van der Waals surface area contributed by atoms with Crippen LogP contribution in [0.5, 0.6) is 5.75 Å². The van der Waals surface area contributed by atoms with Gasteiger partial charge in [-0.05, 0) is 49.0 Å². The standard InChI is InChI=1S/C21H21N3O2S2/c1-13(22-10-9-14-5-7-15(26-2)8-6-14)19-23-20(25)18-16(12-28-21(18)24-19)17-4-3-11-27-17/h3-8,11-13,22H,9-10H2,1-2H3,(H,23,24,25)/t13-/m0/s1. The molecule has 5 nitrogen and oxygen atoms in total. The minimum Gasteiger partial charge on any atom is -0.497 e. The normalized spacial score (nSPS) is 12.4. The van der Waals surface area contributed by atoms with E-state index in [1.807, 2.05) is 41.9 Å². The Kier molecular flexibility index (Phi) is 5.57. The molecule has 3 heterocycles. The van der Waals surface area contributed by atoms with Crippen molar-refractivity contribution in [2.45, 2.75) is 19.4 Å². The van der Waals surface area contributed by atoms with Gasteiger partial charge in [-0.1, -0.05) is 18.2 Å². The van der Waals surface area contributed by atoms with Crippen molar-refractivity contribution in [2.24, 2.45) is 0 Å². The van der Waals surface area contributed by atoms with Gasteiger partial charge in [-0.25, -0.2) is 4.98 Å². The molecule has 144 valence electrons. The molecule has 0 unspecified atom stereocenters. The second kappa shape index (κ2) is 8.26. The lowest BCUT2D eigenvalue weighted by Gasteiger charge is -2.13. The molecule has 0 radical (unpaired) electrons. The lowest BCUT2D eigenvalue weighted by atomic mass is 10.1. The monoisotopic (exact) mass is 411 g/mol. The number of thiophene rings is 2. The summed E-state index contributed by atoms with van der Waals surface area (Å²) in [5.41, 5.74) is 2.13. The number of aromatic amines is 1. The topological polar surface area (TPSA) is 67.0 Å². The second-order valence-corrected chi connectivity index (χ2v) is 8.34. The third kappa shape index (κ3) is 3.87. The largest absolute Gasteiger partial charge is 0.497 e. The molecule has 7 heteroatoms. The van der Waals surface area contributed by atoms with Gasteiger partial charge >= 0.3 is 0 Å². The number of fused-ring (bicyclic) bond motifs is 1. The maximum atomic E-state index is 12.7. The van der Waals surface area contributed by atoms with Crippen molar-refractivity contribution in [3.8, 4) is 16.2 Å². The Hall–Kier alpha value is -2.48. The number of methoxy groups -OCH3 is 1. The van der Waals surface area contributed by atoms with Crippen LogP contribution >= 0.6 is 22.7 Å². The van der Waals surface area contributed by atoms with Crippen molar-refractivity contribution in [3.05, 3.63) is 68.9 Å². The summed E-state index contributed by atoms with van der Waals surface area (Å²) < 4.78 is 5.19. The van der Waals surface area contributed by atoms with E-state index < -0.39 is 0 Å². The Labute approximate surface area is 171 Å². The van der Waals surface area contributed by atoms with E-state index in [0.717, 1.165) is 34.0 Å². The zero-order valence-electron chi connectivity index (χ0n) is 15.7. The molecule has 0 saturated carbocycles. The van der Waals surface area contributed by atoms with E-state index in [2.05, 4.69) is 22.4 Å². The molecule has 0 aliphatic rings. The zero-order chi connectivity index (χ0) is 19.5. The smallest absolute Gasteiger partial charge is 0.260 e. The van der Waals surface area contributed by atoms with Crippen molar-refractivity contribution in [1.29, 1.82) is 0 Å². The van der Waals surface area contributed by atoms with Crippen LogP contribution in [0.1, 0.15) is 24.4 Å². The third-order valence-electron chi connectivity index (χ3n) is 4.68. The molecule has 0 aliphatic carbocycles. The molecule has 0 amide bonds. The van der Waals surface area contributed by atoms with Gasteiger partial charge in [-0.15, -0.1) is 22.7 Å². The van der Waals surface area contributed by atoms with Crippen LogP contribution in [0.25, 0.3) is 20.7 Å². The van der Waals surface area contributed by atoms with Gasteiger partial charge in [-0.2, -0.15) is 0 Å². The molecule has 3 aromatic heterocycles. The van der Waals surface area contributed by atoms with E-state index in [-0.39, 0.29) is 11.6 Å². The van der Waals surface area contributed by atoms with Gasteiger partial charge in [0.15, 0.2) is 0 Å². The van der Waals surface area contributed by atoms with Gasteiger partial charge < -0.3 is 15.0 Å². The number of nitrogens with one attached hydrogen (secondary N) is 2. The zero-order valence-corrected chi connectivity index (χ0v) is 17.3. The minimum absolute atomic E-state index is 0.0392.